The first kappa shape index (κ1) is 39.4. The number of hydrogen-bond acceptors (Lipinski definition) is 10. The lowest BCUT2D eigenvalue weighted by Crippen LogP contribution is -2.55. The highest BCUT2D eigenvalue weighted by molar-refractivity contribution is 6.33. The molecule has 0 radical (unpaired) electrons. The van der Waals surface area contributed by atoms with Crippen LogP contribution in [0.15, 0.2) is 65.7 Å². The average Bonchev–Trinajstić information content (AvgIpc) is 3.66. The Hall–Kier alpha value is -5.81. The maximum Gasteiger partial charge on any atom is 0.416 e. The molecular weight excluding hydrogens is 767 g/mol. The molecule has 57 heavy (non-hydrogen) atoms. The standard InChI is InChI=1S/C39H39ClF3N9O5/c1-4-30-33(50-15-14-49(19-23(50)2)36(54)32-34(24(3)44-22-45-32)57-21-25-8-6-5-7-9-25)37(55)52-38(47-35(48-52)26-12-16-56-17-13-26)51(30)20-31(53)46-29-11-10-27(18-28(29)40)39(41,42)43/h5-12,18,22-23H,4,13-17,19-21H2,1-3H3,(H,46,53)/t23-/m1/s1. The molecule has 3 aromatic heterocycles. The van der Waals surface area contributed by atoms with Gasteiger partial charge in [-0.3, -0.25) is 14.4 Å². The van der Waals surface area contributed by atoms with E-state index in [2.05, 4.69) is 20.4 Å². The van der Waals surface area contributed by atoms with Crippen molar-refractivity contribution in [1.29, 1.82) is 0 Å². The van der Waals surface area contributed by atoms with Gasteiger partial charge < -0.3 is 29.2 Å². The summed E-state index contributed by atoms with van der Waals surface area (Å²) in [7, 11) is 0. The number of aromatic nitrogens is 6. The zero-order valence-corrected chi connectivity index (χ0v) is 32.1. The average molecular weight is 806 g/mol. The Bertz CT molecular complexity index is 2420. The van der Waals surface area contributed by atoms with E-state index in [4.69, 9.17) is 26.1 Å². The Kier molecular flexibility index (Phi) is 11.3. The number of halogens is 4. The summed E-state index contributed by atoms with van der Waals surface area (Å²) >= 11 is 6.17. The molecule has 18 heteroatoms. The van der Waals surface area contributed by atoms with Crippen LogP contribution in [0.3, 0.4) is 0 Å². The largest absolute Gasteiger partial charge is 0.485 e. The summed E-state index contributed by atoms with van der Waals surface area (Å²) in [6.07, 6.45) is -0.640. The SMILES string of the molecule is CCc1c(N2CCN(C(=O)c3ncnc(C)c3OCc3ccccc3)C[C@H]2C)c(=O)n2nc(C3=CCOCC3)nc2n1CC(=O)Nc1ccc(C(F)(F)F)cc1Cl. The summed E-state index contributed by atoms with van der Waals surface area (Å²) in [6.45, 7) is 6.84. The van der Waals surface area contributed by atoms with Gasteiger partial charge in [0.05, 0.1) is 40.9 Å². The molecule has 1 atom stereocenters. The van der Waals surface area contributed by atoms with Crippen LogP contribution in [0.2, 0.25) is 5.02 Å². The van der Waals surface area contributed by atoms with Gasteiger partial charge in [0.1, 0.15) is 25.2 Å². The Morgan fingerprint density at radius 3 is 2.58 bits per heavy atom. The fourth-order valence-corrected chi connectivity index (χ4v) is 7.26. The van der Waals surface area contributed by atoms with Crippen molar-refractivity contribution in [2.45, 2.75) is 59.0 Å². The summed E-state index contributed by atoms with van der Waals surface area (Å²) in [4.78, 5) is 59.0. The second kappa shape index (κ2) is 16.3. The van der Waals surface area contributed by atoms with Crippen LogP contribution < -0.4 is 20.5 Å². The van der Waals surface area contributed by atoms with Gasteiger partial charge in [0.2, 0.25) is 11.7 Å². The Balaban J connectivity index is 1.20. The molecule has 14 nitrogen and oxygen atoms in total. The van der Waals surface area contributed by atoms with Crippen molar-refractivity contribution in [3.05, 3.63) is 110 Å². The number of alkyl halides is 3. The van der Waals surface area contributed by atoms with Crippen LogP contribution >= 0.6 is 11.6 Å². The van der Waals surface area contributed by atoms with Gasteiger partial charge in [0, 0.05) is 25.7 Å². The van der Waals surface area contributed by atoms with E-state index in [0.717, 1.165) is 29.3 Å². The Morgan fingerprint density at radius 1 is 1.11 bits per heavy atom. The number of amides is 2. The maximum atomic E-state index is 14.5. The first-order chi connectivity index (χ1) is 27.3. The molecule has 0 saturated carbocycles. The molecule has 2 aliphatic rings. The number of carbonyl (C=O) groups excluding carboxylic acids is 2. The number of benzene rings is 2. The zero-order valence-electron chi connectivity index (χ0n) is 31.3. The van der Waals surface area contributed by atoms with Crippen molar-refractivity contribution in [3.63, 3.8) is 0 Å². The molecule has 2 aromatic carbocycles. The molecule has 1 N–H and O–H groups in total. The van der Waals surface area contributed by atoms with E-state index in [1.54, 1.807) is 16.4 Å². The van der Waals surface area contributed by atoms with Crippen molar-refractivity contribution in [2.24, 2.45) is 0 Å². The van der Waals surface area contributed by atoms with Crippen molar-refractivity contribution in [2.75, 3.05) is 43.1 Å². The van der Waals surface area contributed by atoms with E-state index in [1.807, 2.05) is 55.2 Å². The fraction of sp³-hybridized carbons (Fsp3) is 0.359. The van der Waals surface area contributed by atoms with Crippen LogP contribution in [0.25, 0.3) is 11.4 Å². The normalized spacial score (nSPS) is 16.1. The highest BCUT2D eigenvalue weighted by Gasteiger charge is 2.35. The smallest absolute Gasteiger partial charge is 0.416 e. The lowest BCUT2D eigenvalue weighted by Gasteiger charge is -2.41. The van der Waals surface area contributed by atoms with Gasteiger partial charge >= 0.3 is 6.18 Å². The van der Waals surface area contributed by atoms with E-state index in [-0.39, 0.29) is 72.6 Å². The van der Waals surface area contributed by atoms with Gasteiger partial charge in [-0.1, -0.05) is 54.9 Å². The van der Waals surface area contributed by atoms with E-state index in [9.17, 15) is 27.6 Å². The number of nitrogens with zero attached hydrogens (tertiary/aromatic N) is 8. The summed E-state index contributed by atoms with van der Waals surface area (Å²) < 4.78 is 54.2. The Labute approximate surface area is 329 Å². The molecule has 0 bridgehead atoms. The van der Waals surface area contributed by atoms with Crippen LogP contribution in [-0.2, 0) is 35.3 Å². The molecule has 1 saturated heterocycles. The molecule has 298 valence electrons. The van der Waals surface area contributed by atoms with Gasteiger partial charge in [-0.05, 0) is 56.0 Å². The first-order valence-electron chi connectivity index (χ1n) is 18.3. The molecule has 0 aliphatic carbocycles. The van der Waals surface area contributed by atoms with Gasteiger partial charge in [-0.15, -0.1) is 5.10 Å². The second-order valence-electron chi connectivity index (χ2n) is 13.7. The van der Waals surface area contributed by atoms with Crippen LogP contribution in [0.5, 0.6) is 5.75 Å². The molecule has 7 rings (SSSR count). The van der Waals surface area contributed by atoms with Crippen molar-refractivity contribution < 1.29 is 32.2 Å². The molecule has 1 fully saturated rings. The predicted molar refractivity (Wildman–Crippen MR) is 205 cm³/mol. The zero-order chi connectivity index (χ0) is 40.4. The quantitative estimate of drug-likeness (QED) is 0.189. The minimum Gasteiger partial charge on any atom is -0.485 e. The number of rotatable bonds is 10. The van der Waals surface area contributed by atoms with E-state index in [1.165, 1.54) is 10.8 Å². The molecular formula is C39H39ClF3N9O5. The number of nitrogens with one attached hydrogen (secondary N) is 1. The lowest BCUT2D eigenvalue weighted by atomic mass is 10.1. The summed E-state index contributed by atoms with van der Waals surface area (Å²) in [6, 6.07) is 11.8. The van der Waals surface area contributed by atoms with E-state index < -0.39 is 23.2 Å². The molecule has 5 aromatic rings. The fourth-order valence-electron chi connectivity index (χ4n) is 7.03. The number of hydrogen-bond donors (Lipinski definition) is 1. The minimum absolute atomic E-state index is 0.0126. The second-order valence-corrected chi connectivity index (χ2v) is 14.1. The predicted octanol–water partition coefficient (Wildman–Crippen LogP) is 5.60. The van der Waals surface area contributed by atoms with Gasteiger partial charge in [0.25, 0.3) is 11.5 Å². The highest BCUT2D eigenvalue weighted by atomic mass is 35.5. The highest BCUT2D eigenvalue weighted by Crippen LogP contribution is 2.34. The van der Waals surface area contributed by atoms with Gasteiger partial charge in [-0.25, -0.2) is 9.97 Å². The summed E-state index contributed by atoms with van der Waals surface area (Å²) in [5.74, 6) is -0.251. The van der Waals surface area contributed by atoms with Crippen LogP contribution in [0.1, 0.15) is 59.1 Å². The van der Waals surface area contributed by atoms with Crippen LogP contribution in [0, 0.1) is 6.92 Å². The topological polar surface area (TPSA) is 149 Å². The molecule has 0 unspecified atom stereocenters. The third kappa shape index (κ3) is 8.20. The monoisotopic (exact) mass is 805 g/mol. The summed E-state index contributed by atoms with van der Waals surface area (Å²) in [5, 5.41) is 6.92. The summed E-state index contributed by atoms with van der Waals surface area (Å²) in [5.41, 5.74) is 1.70. The third-order valence-electron chi connectivity index (χ3n) is 9.90. The number of piperazine rings is 1. The van der Waals surface area contributed by atoms with Crippen LogP contribution in [0.4, 0.5) is 24.5 Å². The number of fused-ring (bicyclic) bond motifs is 1. The third-order valence-corrected chi connectivity index (χ3v) is 10.2. The molecule has 2 amide bonds. The number of aryl methyl sites for hydroxylation is 1. The number of anilines is 2. The number of carbonyl (C=O) groups is 2. The van der Waals surface area contributed by atoms with Crippen molar-refractivity contribution >= 4 is 46.1 Å². The lowest BCUT2D eigenvalue weighted by molar-refractivity contribution is -0.137. The van der Waals surface area contributed by atoms with Crippen molar-refractivity contribution in [1.82, 2.24) is 34.0 Å². The minimum atomic E-state index is -4.61. The van der Waals surface area contributed by atoms with Gasteiger partial charge in [-0.2, -0.15) is 22.7 Å². The van der Waals surface area contributed by atoms with Gasteiger partial charge in [0.15, 0.2) is 17.3 Å². The first-order valence-corrected chi connectivity index (χ1v) is 18.7. The molecule has 2 aliphatic heterocycles. The molecule has 0 spiro atoms. The maximum absolute atomic E-state index is 14.5. The van der Waals surface area contributed by atoms with E-state index in [0.29, 0.717) is 49.0 Å². The Morgan fingerprint density at radius 2 is 1.89 bits per heavy atom. The van der Waals surface area contributed by atoms with E-state index >= 15 is 0 Å². The van der Waals surface area contributed by atoms with Crippen molar-refractivity contribution in [3.8, 4) is 5.75 Å². The van der Waals surface area contributed by atoms with Crippen LogP contribution in [-0.4, -0.2) is 84.7 Å². The molecule has 5 heterocycles. The number of ether oxygens (including phenoxy) is 2.